The zero-order valence-electron chi connectivity index (χ0n) is 18.1. The van der Waals surface area contributed by atoms with Crippen LogP contribution in [0, 0.1) is 0 Å². The van der Waals surface area contributed by atoms with Gasteiger partial charge in [-0.05, 0) is 78.9 Å². The van der Waals surface area contributed by atoms with Crippen molar-refractivity contribution < 1.29 is 8.83 Å². The van der Waals surface area contributed by atoms with Crippen molar-refractivity contribution in [2.75, 3.05) is 22.9 Å². The number of hydrogen-bond acceptors (Lipinski definition) is 8. The number of oxazole rings is 2. The van der Waals surface area contributed by atoms with E-state index in [1.165, 1.54) is 0 Å². The number of aromatic nitrogens is 2. The van der Waals surface area contributed by atoms with Crippen LogP contribution in [0.25, 0.3) is 45.1 Å². The molecule has 0 radical (unpaired) electrons. The van der Waals surface area contributed by atoms with Crippen LogP contribution in [0.5, 0.6) is 0 Å². The van der Waals surface area contributed by atoms with Gasteiger partial charge in [0, 0.05) is 39.9 Å². The molecule has 2 heterocycles. The number of nitrogens with two attached hydrogens (primary N) is 4. The van der Waals surface area contributed by atoms with Crippen LogP contribution in [-0.4, -0.2) is 9.97 Å². The summed E-state index contributed by atoms with van der Waals surface area (Å²) in [6.07, 6.45) is 0. The first-order valence-corrected chi connectivity index (χ1v) is 10.5. The molecule has 8 N–H and O–H groups in total. The molecule has 0 saturated heterocycles. The molecule has 6 aromatic rings. The maximum atomic E-state index is 5.69. The molecule has 0 aliphatic carbocycles. The Bertz CT molecular complexity index is 1460. The molecule has 0 atom stereocenters. The Morgan fingerprint density at radius 1 is 0.441 bits per heavy atom. The highest BCUT2D eigenvalue weighted by atomic mass is 16.4. The fraction of sp³-hybridized carbons (Fsp3) is 0. The van der Waals surface area contributed by atoms with Gasteiger partial charge in [-0.15, -0.1) is 0 Å². The van der Waals surface area contributed by atoms with E-state index in [1.54, 1.807) is 24.3 Å². The summed E-state index contributed by atoms with van der Waals surface area (Å²) in [6.45, 7) is 0. The van der Waals surface area contributed by atoms with Crippen LogP contribution < -0.4 is 22.9 Å². The number of nitrogen functional groups attached to an aromatic ring is 4. The van der Waals surface area contributed by atoms with Gasteiger partial charge in [0.15, 0.2) is 11.2 Å². The van der Waals surface area contributed by atoms with Crippen LogP contribution in [-0.2, 0) is 0 Å². The lowest BCUT2D eigenvalue weighted by Crippen LogP contribution is -1.84. The van der Waals surface area contributed by atoms with E-state index in [2.05, 4.69) is 9.97 Å². The van der Waals surface area contributed by atoms with Gasteiger partial charge < -0.3 is 31.8 Å². The second-order valence-corrected chi connectivity index (χ2v) is 7.74. The van der Waals surface area contributed by atoms with E-state index in [0.29, 0.717) is 40.1 Å². The zero-order chi connectivity index (χ0) is 23.7. The Hall–Kier alpha value is -4.98. The first-order chi connectivity index (χ1) is 16.4. The molecule has 8 nitrogen and oxygen atoms in total. The largest absolute Gasteiger partial charge is 0.436 e. The van der Waals surface area contributed by atoms with Crippen molar-refractivity contribution in [2.45, 2.75) is 0 Å². The molecule has 2 aromatic heterocycles. The lowest BCUT2D eigenvalue weighted by molar-refractivity contribution is 0.619. The molecular weight excluding hydrogens is 428 g/mol. The van der Waals surface area contributed by atoms with E-state index < -0.39 is 0 Å². The van der Waals surface area contributed by atoms with E-state index in [1.807, 2.05) is 60.7 Å². The third kappa shape index (κ3) is 4.33. The first-order valence-electron chi connectivity index (χ1n) is 10.5. The molecular formula is C26H22N6O2. The Labute approximate surface area is 194 Å². The lowest BCUT2D eigenvalue weighted by atomic mass is 10.2. The molecule has 0 amide bonds. The summed E-state index contributed by atoms with van der Waals surface area (Å²) in [6, 6.07) is 25.6. The monoisotopic (exact) mass is 450 g/mol. The Morgan fingerprint density at radius 3 is 1.53 bits per heavy atom. The number of anilines is 4. The van der Waals surface area contributed by atoms with Crippen molar-refractivity contribution in [3.63, 3.8) is 0 Å². The minimum atomic E-state index is 0.575. The number of rotatable bonds is 2. The number of benzene rings is 4. The van der Waals surface area contributed by atoms with Gasteiger partial charge in [-0.25, -0.2) is 9.97 Å². The van der Waals surface area contributed by atoms with E-state index in [9.17, 15) is 0 Å². The summed E-state index contributed by atoms with van der Waals surface area (Å²) < 4.78 is 11.3. The van der Waals surface area contributed by atoms with Gasteiger partial charge in [0.2, 0.25) is 11.8 Å². The highest BCUT2D eigenvalue weighted by Crippen LogP contribution is 2.27. The van der Waals surface area contributed by atoms with E-state index in [4.69, 9.17) is 31.8 Å². The minimum absolute atomic E-state index is 0.575. The van der Waals surface area contributed by atoms with E-state index in [-0.39, 0.29) is 0 Å². The number of hydrogen-bond donors (Lipinski definition) is 4. The predicted octanol–water partition coefficient (Wildman–Crippen LogP) is 5.32. The Morgan fingerprint density at radius 2 is 0.912 bits per heavy atom. The predicted molar refractivity (Wildman–Crippen MR) is 137 cm³/mol. The zero-order valence-corrected chi connectivity index (χ0v) is 18.1. The molecule has 0 saturated carbocycles. The van der Waals surface area contributed by atoms with Crippen LogP contribution in [0.2, 0.25) is 0 Å². The van der Waals surface area contributed by atoms with Gasteiger partial charge in [0.25, 0.3) is 0 Å². The lowest BCUT2D eigenvalue weighted by Gasteiger charge is -1.95. The third-order valence-electron chi connectivity index (χ3n) is 5.14. The average molecular weight is 451 g/mol. The van der Waals surface area contributed by atoms with E-state index >= 15 is 0 Å². The second-order valence-electron chi connectivity index (χ2n) is 7.74. The van der Waals surface area contributed by atoms with Crippen LogP contribution in [0.1, 0.15) is 0 Å². The maximum absolute atomic E-state index is 5.69. The number of fused-ring (bicyclic) bond motifs is 2. The van der Waals surface area contributed by atoms with Gasteiger partial charge in [-0.2, -0.15) is 0 Å². The van der Waals surface area contributed by atoms with Crippen molar-refractivity contribution in [2.24, 2.45) is 0 Å². The van der Waals surface area contributed by atoms with Gasteiger partial charge in [0.05, 0.1) is 0 Å². The summed E-state index contributed by atoms with van der Waals surface area (Å²) in [5, 5.41) is 0. The average Bonchev–Trinajstić information content (AvgIpc) is 3.44. The Balaban J connectivity index is 0.000000142. The molecule has 0 bridgehead atoms. The van der Waals surface area contributed by atoms with E-state index in [0.717, 1.165) is 27.7 Å². The van der Waals surface area contributed by atoms with Gasteiger partial charge in [0.1, 0.15) is 11.0 Å². The maximum Gasteiger partial charge on any atom is 0.227 e. The molecule has 168 valence electrons. The first kappa shape index (κ1) is 20.9. The highest BCUT2D eigenvalue weighted by Gasteiger charge is 2.09. The molecule has 0 aliphatic heterocycles. The molecule has 6 rings (SSSR count). The number of nitrogens with zero attached hydrogens (tertiary/aromatic N) is 2. The van der Waals surface area contributed by atoms with Crippen LogP contribution in [0.3, 0.4) is 0 Å². The minimum Gasteiger partial charge on any atom is -0.436 e. The van der Waals surface area contributed by atoms with Gasteiger partial charge >= 0.3 is 0 Å². The Kier molecular flexibility index (Phi) is 5.23. The fourth-order valence-corrected chi connectivity index (χ4v) is 3.38. The molecule has 0 aliphatic rings. The molecule has 4 aromatic carbocycles. The van der Waals surface area contributed by atoms with Crippen molar-refractivity contribution in [1.82, 2.24) is 9.97 Å². The van der Waals surface area contributed by atoms with Gasteiger partial charge in [-0.1, -0.05) is 0 Å². The topological polar surface area (TPSA) is 156 Å². The summed E-state index contributed by atoms with van der Waals surface area (Å²) >= 11 is 0. The van der Waals surface area contributed by atoms with Gasteiger partial charge in [-0.3, -0.25) is 0 Å². The quantitative estimate of drug-likeness (QED) is 0.258. The van der Waals surface area contributed by atoms with Crippen LogP contribution >= 0.6 is 0 Å². The third-order valence-corrected chi connectivity index (χ3v) is 5.14. The molecule has 0 fully saturated rings. The second kappa shape index (κ2) is 8.51. The van der Waals surface area contributed by atoms with Crippen LogP contribution in [0.15, 0.2) is 93.8 Å². The molecule has 0 unspecified atom stereocenters. The van der Waals surface area contributed by atoms with Crippen molar-refractivity contribution in [3.8, 4) is 22.9 Å². The standard InChI is InChI=1S/2C13H11N3O/c14-9-3-1-8(2-4-9)13-16-11-7-10(15)5-6-12(11)17-13;14-9-3-1-8(2-4-9)13-16-11-6-5-10(15)7-12(11)17-13/h2*1-7H,14-15H2. The smallest absolute Gasteiger partial charge is 0.227 e. The van der Waals surface area contributed by atoms with Crippen molar-refractivity contribution in [3.05, 3.63) is 84.9 Å². The molecule has 0 spiro atoms. The summed E-state index contributed by atoms with van der Waals surface area (Å²) in [7, 11) is 0. The fourth-order valence-electron chi connectivity index (χ4n) is 3.38. The summed E-state index contributed by atoms with van der Waals surface area (Å²) in [4.78, 5) is 8.78. The normalized spacial score (nSPS) is 10.8. The van der Waals surface area contributed by atoms with Crippen molar-refractivity contribution in [1.29, 1.82) is 0 Å². The summed E-state index contributed by atoms with van der Waals surface area (Å²) in [5.41, 5.74) is 30.2. The van der Waals surface area contributed by atoms with Crippen molar-refractivity contribution >= 4 is 44.9 Å². The summed E-state index contributed by atoms with van der Waals surface area (Å²) in [5.74, 6) is 1.15. The molecule has 34 heavy (non-hydrogen) atoms. The highest BCUT2D eigenvalue weighted by molar-refractivity contribution is 5.80. The SMILES string of the molecule is Nc1ccc(-c2nc3cc(N)ccc3o2)cc1.Nc1ccc(-c2nc3ccc(N)cc3o2)cc1. The molecule has 8 heteroatoms. The van der Waals surface area contributed by atoms with Crippen LogP contribution in [0.4, 0.5) is 22.7 Å².